The molecule has 1 aromatic carbocycles. The summed E-state index contributed by atoms with van der Waals surface area (Å²) < 4.78 is 0. The van der Waals surface area contributed by atoms with E-state index in [0.717, 1.165) is 11.1 Å². The lowest BCUT2D eigenvalue weighted by molar-refractivity contribution is -0.152. The van der Waals surface area contributed by atoms with E-state index in [1.54, 1.807) is 4.90 Å². The predicted molar refractivity (Wildman–Crippen MR) is 137 cm³/mol. The summed E-state index contributed by atoms with van der Waals surface area (Å²) in [4.78, 5) is 56.0. The molecular weight excluding hydrogens is 476 g/mol. The minimum absolute atomic E-state index is 0.225. The summed E-state index contributed by atoms with van der Waals surface area (Å²) >= 11 is 0. The highest BCUT2D eigenvalue weighted by molar-refractivity contribution is 5.98. The summed E-state index contributed by atoms with van der Waals surface area (Å²) in [6.07, 6.45) is 0.0330. The third-order valence-corrected chi connectivity index (χ3v) is 7.63. The molecule has 2 aliphatic heterocycles. The summed E-state index contributed by atoms with van der Waals surface area (Å²) in [5, 5.41) is 22.7. The van der Waals surface area contributed by atoms with Crippen LogP contribution in [0.1, 0.15) is 57.6 Å². The van der Waals surface area contributed by atoms with Crippen molar-refractivity contribution in [3.8, 4) is 0 Å². The number of nitrogens with two attached hydrogens (primary N) is 1. The van der Waals surface area contributed by atoms with Gasteiger partial charge in [-0.25, -0.2) is 0 Å². The van der Waals surface area contributed by atoms with Crippen LogP contribution in [0, 0.1) is 6.92 Å². The van der Waals surface area contributed by atoms with E-state index in [9.17, 15) is 29.4 Å². The molecule has 6 atom stereocenters. The van der Waals surface area contributed by atoms with Gasteiger partial charge >= 0.3 is 0 Å². The molecule has 2 saturated heterocycles. The normalized spacial score (nSPS) is 24.9. The van der Waals surface area contributed by atoms with Gasteiger partial charge in [0.05, 0.1) is 12.2 Å². The average molecular weight is 517 g/mol. The SMILES string of the molecule is CC(=O)[C@@H](NC(=O)[C@]1(Cc2ccc(C)cc2)CCCN1C(=O)[C@@H]1CCCN1C(=O)[C@@H](N)[C@@H](C)O)[C@@H](C)O. The number of ketones is 1. The van der Waals surface area contributed by atoms with Crippen LogP contribution >= 0.6 is 0 Å². The highest BCUT2D eigenvalue weighted by Crippen LogP contribution is 2.36. The number of nitrogens with one attached hydrogen (secondary N) is 1. The monoisotopic (exact) mass is 516 g/mol. The number of Topliss-reactive ketones (excluding diaryl/α,β-unsaturated/α-hetero) is 1. The van der Waals surface area contributed by atoms with E-state index >= 15 is 0 Å². The third-order valence-electron chi connectivity index (χ3n) is 7.63. The van der Waals surface area contributed by atoms with Crippen LogP contribution in [0.2, 0.25) is 0 Å². The number of carbonyl (C=O) groups excluding carboxylic acids is 4. The van der Waals surface area contributed by atoms with E-state index in [2.05, 4.69) is 5.32 Å². The number of carbonyl (C=O) groups is 4. The Morgan fingerprint density at radius 1 is 1.08 bits per heavy atom. The van der Waals surface area contributed by atoms with Gasteiger partial charge in [-0.15, -0.1) is 0 Å². The first kappa shape index (κ1) is 28.7. The molecule has 0 unspecified atom stereocenters. The van der Waals surface area contributed by atoms with Crippen LogP contribution in [-0.2, 0) is 25.6 Å². The summed E-state index contributed by atoms with van der Waals surface area (Å²) in [7, 11) is 0. The Morgan fingerprint density at radius 3 is 2.30 bits per heavy atom. The van der Waals surface area contributed by atoms with Crippen molar-refractivity contribution < 1.29 is 29.4 Å². The predicted octanol–water partition coefficient (Wildman–Crippen LogP) is 0.0524. The summed E-state index contributed by atoms with van der Waals surface area (Å²) in [5.41, 5.74) is 6.52. The Hall–Kier alpha value is -2.82. The van der Waals surface area contributed by atoms with Crippen molar-refractivity contribution in [3.63, 3.8) is 0 Å². The molecule has 2 aliphatic rings. The van der Waals surface area contributed by atoms with Crippen LogP contribution in [0.4, 0.5) is 0 Å². The van der Waals surface area contributed by atoms with Gasteiger partial charge < -0.3 is 31.1 Å². The first-order valence-electron chi connectivity index (χ1n) is 13.0. The lowest BCUT2D eigenvalue weighted by atomic mass is 9.85. The number of aliphatic hydroxyl groups excluding tert-OH is 2. The zero-order valence-electron chi connectivity index (χ0n) is 22.1. The molecule has 0 aromatic heterocycles. The second-order valence-electron chi connectivity index (χ2n) is 10.5. The van der Waals surface area contributed by atoms with Crippen LogP contribution in [0.5, 0.6) is 0 Å². The molecule has 10 nitrogen and oxygen atoms in total. The van der Waals surface area contributed by atoms with Gasteiger partial charge in [-0.3, -0.25) is 19.2 Å². The van der Waals surface area contributed by atoms with Crippen molar-refractivity contribution in [2.24, 2.45) is 5.73 Å². The van der Waals surface area contributed by atoms with Crippen LogP contribution in [0.25, 0.3) is 0 Å². The van der Waals surface area contributed by atoms with Gasteiger partial charge in [-0.05, 0) is 58.9 Å². The molecule has 5 N–H and O–H groups in total. The van der Waals surface area contributed by atoms with Gasteiger partial charge in [0.15, 0.2) is 5.78 Å². The maximum atomic E-state index is 14.0. The zero-order chi connectivity index (χ0) is 27.5. The van der Waals surface area contributed by atoms with Crippen molar-refractivity contribution in [2.75, 3.05) is 13.1 Å². The van der Waals surface area contributed by atoms with Crippen LogP contribution in [-0.4, -0.2) is 92.5 Å². The number of hydrogen-bond donors (Lipinski definition) is 4. The first-order valence-corrected chi connectivity index (χ1v) is 13.0. The summed E-state index contributed by atoms with van der Waals surface area (Å²) in [6.45, 7) is 6.79. The van der Waals surface area contributed by atoms with Crippen molar-refractivity contribution in [2.45, 2.75) is 95.7 Å². The van der Waals surface area contributed by atoms with Crippen LogP contribution in [0.15, 0.2) is 24.3 Å². The molecule has 0 aliphatic carbocycles. The van der Waals surface area contributed by atoms with Crippen molar-refractivity contribution >= 4 is 23.5 Å². The van der Waals surface area contributed by atoms with E-state index in [0.29, 0.717) is 38.8 Å². The molecule has 37 heavy (non-hydrogen) atoms. The maximum Gasteiger partial charge on any atom is 0.246 e. The number of aryl methyl sites for hydroxylation is 1. The molecule has 0 bridgehead atoms. The Kier molecular flexibility index (Phi) is 9.09. The van der Waals surface area contributed by atoms with E-state index in [4.69, 9.17) is 5.73 Å². The lowest BCUT2D eigenvalue weighted by Gasteiger charge is -2.41. The Morgan fingerprint density at radius 2 is 1.73 bits per heavy atom. The standard InChI is InChI=1S/C27H40N4O6/c1-16-8-10-20(11-9-16)15-27(26(37)29-23(18(3)33)19(4)34)12-6-14-31(27)24(35)21-7-5-13-30(21)25(36)22(28)17(2)32/h8-11,17-18,21-23,32-33H,5-7,12-15,28H2,1-4H3,(H,29,37)/t17-,18-,21+,22+,23+,27-/m1/s1. The van der Waals surface area contributed by atoms with E-state index in [-0.39, 0.29) is 18.1 Å². The second kappa shape index (κ2) is 11.7. The molecule has 2 fully saturated rings. The topological polar surface area (TPSA) is 153 Å². The smallest absolute Gasteiger partial charge is 0.246 e. The summed E-state index contributed by atoms with van der Waals surface area (Å²) in [6, 6.07) is 4.66. The zero-order valence-corrected chi connectivity index (χ0v) is 22.1. The maximum absolute atomic E-state index is 14.0. The van der Waals surface area contributed by atoms with Gasteiger partial charge in [0, 0.05) is 19.5 Å². The van der Waals surface area contributed by atoms with Gasteiger partial charge in [-0.2, -0.15) is 0 Å². The minimum Gasteiger partial charge on any atom is -0.391 e. The number of amides is 3. The fourth-order valence-electron chi connectivity index (χ4n) is 5.45. The van der Waals surface area contributed by atoms with E-state index < -0.39 is 47.7 Å². The second-order valence-corrected chi connectivity index (χ2v) is 10.5. The Bertz CT molecular complexity index is 1010. The van der Waals surface area contributed by atoms with Crippen molar-refractivity contribution in [3.05, 3.63) is 35.4 Å². The van der Waals surface area contributed by atoms with E-state index in [1.165, 1.54) is 25.7 Å². The minimum atomic E-state index is -1.29. The average Bonchev–Trinajstić information content (AvgIpc) is 3.50. The molecule has 3 rings (SSSR count). The Labute approximate surface area is 218 Å². The molecule has 204 valence electrons. The van der Waals surface area contributed by atoms with Gasteiger partial charge in [0.25, 0.3) is 0 Å². The first-order chi connectivity index (χ1) is 17.4. The van der Waals surface area contributed by atoms with Gasteiger partial charge in [0.1, 0.15) is 23.7 Å². The number of nitrogens with zero attached hydrogens (tertiary/aromatic N) is 2. The molecule has 2 heterocycles. The molecular formula is C27H40N4O6. The number of benzene rings is 1. The van der Waals surface area contributed by atoms with Crippen LogP contribution in [0.3, 0.4) is 0 Å². The lowest BCUT2D eigenvalue weighted by Crippen LogP contribution is -2.64. The Balaban J connectivity index is 1.97. The number of likely N-dealkylation sites (tertiary alicyclic amines) is 2. The largest absolute Gasteiger partial charge is 0.391 e. The molecule has 0 spiro atoms. The number of hydrogen-bond acceptors (Lipinski definition) is 7. The molecule has 3 amide bonds. The van der Waals surface area contributed by atoms with Crippen molar-refractivity contribution in [1.29, 1.82) is 0 Å². The molecule has 0 radical (unpaired) electrons. The highest BCUT2D eigenvalue weighted by atomic mass is 16.3. The molecule has 1 aromatic rings. The van der Waals surface area contributed by atoms with Gasteiger partial charge in [0.2, 0.25) is 17.7 Å². The fraction of sp³-hybridized carbons (Fsp3) is 0.630. The van der Waals surface area contributed by atoms with Crippen LogP contribution < -0.4 is 11.1 Å². The molecule has 0 saturated carbocycles. The third kappa shape index (κ3) is 6.02. The van der Waals surface area contributed by atoms with Gasteiger partial charge in [-0.1, -0.05) is 29.8 Å². The summed E-state index contributed by atoms with van der Waals surface area (Å²) in [5.74, 6) is -1.73. The van der Waals surface area contributed by atoms with Crippen molar-refractivity contribution in [1.82, 2.24) is 15.1 Å². The highest BCUT2D eigenvalue weighted by Gasteiger charge is 2.53. The number of rotatable bonds is 9. The van der Waals surface area contributed by atoms with E-state index in [1.807, 2.05) is 31.2 Å². The number of aliphatic hydroxyl groups is 2. The quantitative estimate of drug-likeness (QED) is 0.362. The fourth-order valence-corrected chi connectivity index (χ4v) is 5.45. The molecule has 10 heteroatoms.